The first-order valence-corrected chi connectivity index (χ1v) is 6.23. The molecular formula is C14H17N3O3. The minimum atomic E-state index is -1.05. The van der Waals surface area contributed by atoms with Gasteiger partial charge in [0.25, 0.3) is 0 Å². The topological polar surface area (TPSA) is 98.2 Å². The minimum absolute atomic E-state index is 0.0899. The summed E-state index contributed by atoms with van der Waals surface area (Å²) in [7, 11) is 0. The molecule has 1 heterocycles. The van der Waals surface area contributed by atoms with E-state index in [9.17, 15) is 14.7 Å². The van der Waals surface area contributed by atoms with Gasteiger partial charge in [0, 0.05) is 5.41 Å². The number of aromatic nitrogens is 2. The summed E-state index contributed by atoms with van der Waals surface area (Å²) in [6, 6.07) is 4.87. The fraction of sp³-hybridized carbons (Fsp3) is 0.357. The fourth-order valence-corrected chi connectivity index (χ4v) is 2.24. The summed E-state index contributed by atoms with van der Waals surface area (Å²) in [5.74, 6) is -0.948. The third-order valence-corrected chi connectivity index (χ3v) is 2.98. The molecule has 1 aromatic carbocycles. The predicted molar refractivity (Wildman–Crippen MR) is 74.6 cm³/mol. The number of aromatic carboxylic acids is 1. The lowest BCUT2D eigenvalue weighted by molar-refractivity contribution is -0.118. The number of hydrogen-bond acceptors (Lipinski definition) is 3. The summed E-state index contributed by atoms with van der Waals surface area (Å²) in [6.07, 6.45) is 0. The second-order valence-electron chi connectivity index (χ2n) is 5.72. The van der Waals surface area contributed by atoms with Crippen molar-refractivity contribution >= 4 is 22.9 Å². The first-order chi connectivity index (χ1) is 9.21. The maximum Gasteiger partial charge on any atom is 0.337 e. The minimum Gasteiger partial charge on any atom is -0.478 e. The first kappa shape index (κ1) is 14.0. The maximum atomic E-state index is 11.4. The zero-order valence-electron chi connectivity index (χ0n) is 11.7. The van der Waals surface area contributed by atoms with Gasteiger partial charge in [-0.25, -0.2) is 9.78 Å². The highest BCUT2D eigenvalue weighted by atomic mass is 16.4. The molecule has 2 aromatic rings. The molecule has 0 fully saturated rings. The van der Waals surface area contributed by atoms with Gasteiger partial charge in [-0.1, -0.05) is 26.8 Å². The van der Waals surface area contributed by atoms with Crippen molar-refractivity contribution in [3.05, 3.63) is 29.6 Å². The van der Waals surface area contributed by atoms with E-state index in [1.807, 2.05) is 20.8 Å². The second kappa shape index (κ2) is 4.63. The molecule has 0 saturated heterocycles. The predicted octanol–water partition coefficient (Wildman–Crippen LogP) is 1.52. The van der Waals surface area contributed by atoms with Crippen LogP contribution in [0.4, 0.5) is 0 Å². The van der Waals surface area contributed by atoms with E-state index in [2.05, 4.69) is 4.98 Å². The number of nitrogens with two attached hydrogens (primary N) is 1. The number of rotatable bonds is 3. The van der Waals surface area contributed by atoms with Crippen LogP contribution in [0.1, 0.15) is 37.0 Å². The molecule has 6 heteroatoms. The van der Waals surface area contributed by atoms with Crippen LogP contribution in [0.2, 0.25) is 0 Å². The average molecular weight is 275 g/mol. The Morgan fingerprint density at radius 2 is 2.00 bits per heavy atom. The third-order valence-electron chi connectivity index (χ3n) is 2.98. The average Bonchev–Trinajstić information content (AvgIpc) is 2.67. The molecule has 0 saturated carbocycles. The number of para-hydroxylation sites is 1. The van der Waals surface area contributed by atoms with E-state index in [0.29, 0.717) is 16.9 Å². The molecular weight excluding hydrogens is 258 g/mol. The Bertz CT molecular complexity index is 695. The summed E-state index contributed by atoms with van der Waals surface area (Å²) < 4.78 is 1.60. The summed E-state index contributed by atoms with van der Waals surface area (Å²) in [6.45, 7) is 5.76. The van der Waals surface area contributed by atoms with Crippen molar-refractivity contribution in [2.24, 2.45) is 5.73 Å². The van der Waals surface area contributed by atoms with Gasteiger partial charge in [-0.2, -0.15) is 0 Å². The number of imidazole rings is 1. The molecule has 1 amide bonds. The molecule has 3 N–H and O–H groups in total. The molecule has 20 heavy (non-hydrogen) atoms. The summed E-state index contributed by atoms with van der Waals surface area (Å²) in [5.41, 5.74) is 6.05. The highest BCUT2D eigenvalue weighted by Gasteiger charge is 2.25. The Balaban J connectivity index is 2.85. The Kier molecular flexibility index (Phi) is 3.25. The van der Waals surface area contributed by atoms with E-state index in [1.54, 1.807) is 16.7 Å². The van der Waals surface area contributed by atoms with Crippen LogP contribution < -0.4 is 5.73 Å². The van der Waals surface area contributed by atoms with Crippen molar-refractivity contribution in [2.75, 3.05) is 0 Å². The molecule has 0 atom stereocenters. The van der Waals surface area contributed by atoms with Gasteiger partial charge in [-0.15, -0.1) is 0 Å². The Morgan fingerprint density at radius 1 is 1.35 bits per heavy atom. The van der Waals surface area contributed by atoms with Gasteiger partial charge in [0.15, 0.2) is 0 Å². The van der Waals surface area contributed by atoms with E-state index in [-0.39, 0.29) is 17.5 Å². The normalized spacial score (nSPS) is 11.8. The highest BCUT2D eigenvalue weighted by molar-refractivity contribution is 6.01. The standard InChI is InChI=1S/C14H17N3O3/c1-14(2,3)13-16-9-6-4-5-8(12(19)20)11(9)17(13)7-10(15)18/h4-6H,7H2,1-3H3,(H2,15,18)(H,19,20). The first-order valence-electron chi connectivity index (χ1n) is 6.23. The van der Waals surface area contributed by atoms with Crippen molar-refractivity contribution in [3.8, 4) is 0 Å². The lowest BCUT2D eigenvalue weighted by Crippen LogP contribution is -2.25. The number of primary amides is 1. The van der Waals surface area contributed by atoms with Crippen LogP contribution in [0, 0.1) is 0 Å². The van der Waals surface area contributed by atoms with Gasteiger partial charge in [0.05, 0.1) is 16.6 Å². The lowest BCUT2D eigenvalue weighted by Gasteiger charge is -2.19. The molecule has 2 rings (SSSR count). The van der Waals surface area contributed by atoms with E-state index in [1.165, 1.54) is 6.07 Å². The zero-order valence-corrected chi connectivity index (χ0v) is 11.7. The van der Waals surface area contributed by atoms with E-state index in [0.717, 1.165) is 0 Å². The van der Waals surface area contributed by atoms with E-state index < -0.39 is 11.9 Å². The number of amides is 1. The molecule has 0 aliphatic heterocycles. The highest BCUT2D eigenvalue weighted by Crippen LogP contribution is 2.28. The molecule has 0 bridgehead atoms. The number of carbonyl (C=O) groups is 2. The number of carbonyl (C=O) groups excluding carboxylic acids is 1. The molecule has 106 valence electrons. The summed E-state index contributed by atoms with van der Waals surface area (Å²) in [4.78, 5) is 27.1. The third kappa shape index (κ3) is 2.36. The van der Waals surface area contributed by atoms with E-state index in [4.69, 9.17) is 5.73 Å². The zero-order chi connectivity index (χ0) is 15.1. The van der Waals surface area contributed by atoms with E-state index >= 15 is 0 Å². The molecule has 1 aromatic heterocycles. The van der Waals surface area contributed by atoms with Crippen molar-refractivity contribution in [1.29, 1.82) is 0 Å². The fourth-order valence-electron chi connectivity index (χ4n) is 2.24. The van der Waals surface area contributed by atoms with Crippen molar-refractivity contribution in [2.45, 2.75) is 32.7 Å². The summed E-state index contributed by atoms with van der Waals surface area (Å²) in [5, 5.41) is 9.30. The second-order valence-corrected chi connectivity index (χ2v) is 5.72. The number of hydrogen-bond donors (Lipinski definition) is 2. The Labute approximate surface area is 116 Å². The van der Waals surface area contributed by atoms with Crippen molar-refractivity contribution in [3.63, 3.8) is 0 Å². The Morgan fingerprint density at radius 3 is 2.50 bits per heavy atom. The van der Waals surface area contributed by atoms with Gasteiger partial charge in [0.1, 0.15) is 12.4 Å². The number of benzene rings is 1. The van der Waals surface area contributed by atoms with Crippen LogP contribution >= 0.6 is 0 Å². The molecule has 0 aliphatic rings. The Hall–Kier alpha value is -2.37. The quantitative estimate of drug-likeness (QED) is 0.887. The van der Waals surface area contributed by atoms with Crippen LogP contribution in [-0.2, 0) is 16.8 Å². The molecule has 0 spiro atoms. The van der Waals surface area contributed by atoms with Crippen LogP contribution in [0.5, 0.6) is 0 Å². The monoisotopic (exact) mass is 275 g/mol. The number of carboxylic acid groups (broad SMARTS) is 1. The van der Waals surface area contributed by atoms with Crippen LogP contribution in [0.25, 0.3) is 11.0 Å². The van der Waals surface area contributed by atoms with Gasteiger partial charge in [0.2, 0.25) is 5.91 Å². The van der Waals surface area contributed by atoms with Crippen LogP contribution in [0.3, 0.4) is 0 Å². The van der Waals surface area contributed by atoms with Crippen LogP contribution in [0.15, 0.2) is 18.2 Å². The SMILES string of the molecule is CC(C)(C)c1nc2cccc(C(=O)O)c2n1CC(N)=O. The smallest absolute Gasteiger partial charge is 0.337 e. The van der Waals surface area contributed by atoms with Gasteiger partial charge < -0.3 is 15.4 Å². The summed E-state index contributed by atoms with van der Waals surface area (Å²) >= 11 is 0. The number of fused-ring (bicyclic) bond motifs is 1. The molecule has 0 unspecified atom stereocenters. The molecule has 0 radical (unpaired) electrons. The maximum absolute atomic E-state index is 11.4. The van der Waals surface area contributed by atoms with Crippen LogP contribution in [-0.4, -0.2) is 26.5 Å². The van der Waals surface area contributed by atoms with Gasteiger partial charge in [-0.05, 0) is 12.1 Å². The van der Waals surface area contributed by atoms with Crippen molar-refractivity contribution in [1.82, 2.24) is 9.55 Å². The van der Waals surface area contributed by atoms with Crippen molar-refractivity contribution < 1.29 is 14.7 Å². The van der Waals surface area contributed by atoms with Gasteiger partial charge in [-0.3, -0.25) is 4.79 Å². The molecule has 0 aliphatic carbocycles. The largest absolute Gasteiger partial charge is 0.478 e. The molecule has 6 nitrogen and oxygen atoms in total. The number of nitrogens with zero attached hydrogens (tertiary/aromatic N) is 2. The lowest BCUT2D eigenvalue weighted by atomic mass is 9.95. The number of carboxylic acids is 1. The van der Waals surface area contributed by atoms with Gasteiger partial charge >= 0.3 is 5.97 Å².